The second-order valence-corrected chi connectivity index (χ2v) is 7.12. The van der Waals surface area contributed by atoms with Crippen LogP contribution in [0.5, 0.6) is 0 Å². The zero-order valence-corrected chi connectivity index (χ0v) is 12.9. The first-order valence-corrected chi connectivity index (χ1v) is 8.19. The van der Waals surface area contributed by atoms with Gasteiger partial charge >= 0.3 is 0 Å². The monoisotopic (exact) mass is 302 g/mol. The van der Waals surface area contributed by atoms with E-state index < -0.39 is 0 Å². The molecule has 0 N–H and O–H groups in total. The van der Waals surface area contributed by atoms with Gasteiger partial charge in [0.2, 0.25) is 0 Å². The van der Waals surface area contributed by atoms with Crippen molar-refractivity contribution in [1.29, 1.82) is 5.26 Å². The van der Waals surface area contributed by atoms with Crippen molar-refractivity contribution in [3.05, 3.63) is 35.4 Å². The third-order valence-electron chi connectivity index (χ3n) is 4.06. The lowest BCUT2D eigenvalue weighted by molar-refractivity contribution is 0.0359. The van der Waals surface area contributed by atoms with Gasteiger partial charge in [-0.1, -0.05) is 6.07 Å². The van der Waals surface area contributed by atoms with Crippen LogP contribution >= 0.6 is 11.8 Å². The van der Waals surface area contributed by atoms with E-state index in [-0.39, 0.29) is 10.7 Å². The van der Waals surface area contributed by atoms with Gasteiger partial charge in [0.25, 0.3) is 5.91 Å². The molecule has 1 aromatic carbocycles. The largest absolute Gasteiger partial charge is 0.378 e. The first kappa shape index (κ1) is 14.4. The summed E-state index contributed by atoms with van der Waals surface area (Å²) in [7, 11) is 0. The number of benzene rings is 1. The molecule has 2 heterocycles. The first-order valence-electron chi connectivity index (χ1n) is 7.21. The van der Waals surface area contributed by atoms with Gasteiger partial charge in [-0.25, -0.2) is 0 Å². The molecule has 0 aromatic heterocycles. The van der Waals surface area contributed by atoms with E-state index in [1.807, 2.05) is 23.6 Å². The van der Waals surface area contributed by atoms with Crippen LogP contribution in [0.25, 0.3) is 0 Å². The van der Waals surface area contributed by atoms with Crippen LogP contribution in [0.4, 0.5) is 0 Å². The normalized spacial score (nSPS) is 22.9. The summed E-state index contributed by atoms with van der Waals surface area (Å²) in [5.74, 6) is 1.05. The van der Waals surface area contributed by atoms with E-state index in [0.29, 0.717) is 17.2 Å². The molecule has 0 aliphatic carbocycles. The highest BCUT2D eigenvalue weighted by molar-refractivity contribution is 8.01. The Morgan fingerprint density at radius 1 is 1.57 bits per heavy atom. The molecule has 0 saturated carbocycles. The highest BCUT2D eigenvalue weighted by Crippen LogP contribution is 2.46. The topological polar surface area (TPSA) is 53.3 Å². The Kier molecular flexibility index (Phi) is 3.92. The third-order valence-corrected chi connectivity index (χ3v) is 5.64. The van der Waals surface area contributed by atoms with Crippen LogP contribution in [0.3, 0.4) is 0 Å². The lowest BCUT2D eigenvalue weighted by atomic mass is 9.92. The van der Waals surface area contributed by atoms with Crippen LogP contribution in [0.1, 0.15) is 29.3 Å². The molecule has 1 amide bonds. The Bertz CT molecular complexity index is 590. The number of ether oxygens (including phenoxy) is 1. The van der Waals surface area contributed by atoms with E-state index in [1.165, 1.54) is 0 Å². The van der Waals surface area contributed by atoms with Crippen molar-refractivity contribution in [2.45, 2.75) is 24.2 Å². The molecule has 5 heteroatoms. The summed E-state index contributed by atoms with van der Waals surface area (Å²) in [5, 5.41) is 8.91. The minimum Gasteiger partial charge on any atom is -0.378 e. The Morgan fingerprint density at radius 3 is 3.10 bits per heavy atom. The molecule has 0 radical (unpaired) electrons. The van der Waals surface area contributed by atoms with E-state index in [1.54, 1.807) is 24.3 Å². The predicted octanol–water partition coefficient (Wildman–Crippen LogP) is 2.29. The van der Waals surface area contributed by atoms with E-state index in [4.69, 9.17) is 10.00 Å². The van der Waals surface area contributed by atoms with Crippen molar-refractivity contribution >= 4 is 17.7 Å². The summed E-state index contributed by atoms with van der Waals surface area (Å²) < 4.78 is 5.88. The number of hydrogen-bond acceptors (Lipinski definition) is 4. The van der Waals surface area contributed by atoms with Crippen molar-refractivity contribution in [2.75, 3.05) is 25.4 Å². The van der Waals surface area contributed by atoms with Gasteiger partial charge in [0.05, 0.1) is 22.5 Å². The summed E-state index contributed by atoms with van der Waals surface area (Å²) >= 11 is 1.93. The summed E-state index contributed by atoms with van der Waals surface area (Å²) in [4.78, 5) is 14.3. The number of carbonyl (C=O) groups excluding carboxylic acids is 1. The number of nitrogens with zero attached hydrogens (tertiary/aromatic N) is 2. The zero-order chi connectivity index (χ0) is 14.9. The van der Waals surface area contributed by atoms with Crippen LogP contribution < -0.4 is 0 Å². The van der Waals surface area contributed by atoms with Crippen molar-refractivity contribution in [1.82, 2.24) is 4.90 Å². The fraction of sp³-hybridized carbons (Fsp3) is 0.500. The van der Waals surface area contributed by atoms with Gasteiger partial charge in [-0.3, -0.25) is 4.79 Å². The standard InChI is InChI=1S/C16H18N2O2S/c1-2-20-14-7-16(21-9-14)10-18(11-16)15(19)13-5-3-4-12(6-13)8-17/h3-6,14H,2,7,9-11H2,1H3/t14-/m1/s1. The van der Waals surface area contributed by atoms with Crippen LogP contribution in [0.2, 0.25) is 0 Å². The zero-order valence-electron chi connectivity index (χ0n) is 12.0. The number of likely N-dealkylation sites (tertiary alicyclic amines) is 1. The van der Waals surface area contributed by atoms with E-state index >= 15 is 0 Å². The molecule has 0 unspecified atom stereocenters. The van der Waals surface area contributed by atoms with Gasteiger partial charge < -0.3 is 9.64 Å². The Morgan fingerprint density at radius 2 is 2.38 bits per heavy atom. The summed E-state index contributed by atoms with van der Waals surface area (Å²) in [6.45, 7) is 4.35. The molecule has 2 saturated heterocycles. The number of carbonyl (C=O) groups is 1. The van der Waals surface area contributed by atoms with E-state index in [9.17, 15) is 4.79 Å². The van der Waals surface area contributed by atoms with E-state index in [2.05, 4.69) is 6.07 Å². The van der Waals surface area contributed by atoms with Crippen LogP contribution in [0.15, 0.2) is 24.3 Å². The van der Waals surface area contributed by atoms with Crippen molar-refractivity contribution in [3.63, 3.8) is 0 Å². The van der Waals surface area contributed by atoms with Gasteiger partial charge in [-0.2, -0.15) is 5.26 Å². The maximum absolute atomic E-state index is 12.4. The molecule has 2 fully saturated rings. The SMILES string of the molecule is CCO[C@H]1CSC2(C1)CN(C(=O)c1cccc(C#N)c1)C2. The highest BCUT2D eigenvalue weighted by Gasteiger charge is 2.50. The molecule has 4 nitrogen and oxygen atoms in total. The number of nitriles is 1. The van der Waals surface area contributed by atoms with Gasteiger partial charge in [-0.05, 0) is 31.5 Å². The smallest absolute Gasteiger partial charge is 0.253 e. The summed E-state index contributed by atoms with van der Waals surface area (Å²) in [6.07, 6.45) is 1.37. The quantitative estimate of drug-likeness (QED) is 0.859. The second-order valence-electron chi connectivity index (χ2n) is 5.63. The lowest BCUT2D eigenvalue weighted by Gasteiger charge is -2.47. The fourth-order valence-electron chi connectivity index (χ4n) is 3.06. The molecular weight excluding hydrogens is 284 g/mol. The van der Waals surface area contributed by atoms with Gasteiger partial charge in [0, 0.05) is 31.0 Å². The maximum atomic E-state index is 12.4. The number of hydrogen-bond donors (Lipinski definition) is 0. The summed E-state index contributed by atoms with van der Waals surface area (Å²) in [5.41, 5.74) is 1.14. The third kappa shape index (κ3) is 2.78. The first-order chi connectivity index (χ1) is 10.2. The minimum atomic E-state index is 0.0261. The van der Waals surface area contributed by atoms with Gasteiger partial charge in [0.15, 0.2) is 0 Å². The summed E-state index contributed by atoms with van der Waals surface area (Å²) in [6, 6.07) is 8.99. The molecule has 21 heavy (non-hydrogen) atoms. The molecule has 3 rings (SSSR count). The van der Waals surface area contributed by atoms with Crippen LogP contribution in [-0.2, 0) is 4.74 Å². The van der Waals surface area contributed by atoms with E-state index in [0.717, 1.165) is 31.9 Å². The Hall–Kier alpha value is -1.51. The second kappa shape index (κ2) is 5.70. The molecular formula is C16H18N2O2S. The number of amides is 1. The van der Waals surface area contributed by atoms with Gasteiger partial charge in [0.1, 0.15) is 0 Å². The lowest BCUT2D eigenvalue weighted by Crippen LogP contribution is -2.60. The Labute approximate surface area is 129 Å². The molecule has 1 aromatic rings. The maximum Gasteiger partial charge on any atom is 0.253 e. The predicted molar refractivity (Wildman–Crippen MR) is 82.3 cm³/mol. The highest BCUT2D eigenvalue weighted by atomic mass is 32.2. The number of thioether (sulfide) groups is 1. The van der Waals surface area contributed by atoms with Crippen LogP contribution in [0, 0.1) is 11.3 Å². The Balaban J connectivity index is 1.61. The molecule has 0 bridgehead atoms. The average molecular weight is 302 g/mol. The average Bonchev–Trinajstić information content (AvgIpc) is 2.90. The fourth-order valence-corrected chi connectivity index (χ4v) is 4.61. The van der Waals surface area contributed by atoms with Gasteiger partial charge in [-0.15, -0.1) is 11.8 Å². The number of rotatable bonds is 3. The van der Waals surface area contributed by atoms with Crippen molar-refractivity contribution in [3.8, 4) is 6.07 Å². The molecule has 2 aliphatic heterocycles. The molecule has 1 atom stereocenters. The molecule has 110 valence electrons. The molecule has 1 spiro atoms. The van der Waals surface area contributed by atoms with Crippen molar-refractivity contribution in [2.24, 2.45) is 0 Å². The molecule has 2 aliphatic rings. The van der Waals surface area contributed by atoms with Crippen molar-refractivity contribution < 1.29 is 9.53 Å². The minimum absolute atomic E-state index is 0.0261. The van der Waals surface area contributed by atoms with Crippen LogP contribution in [-0.4, -0.2) is 47.1 Å².